The van der Waals surface area contributed by atoms with Crippen LogP contribution in [0.25, 0.3) is 0 Å². The lowest BCUT2D eigenvalue weighted by Gasteiger charge is -2.35. The first-order valence-electron chi connectivity index (χ1n) is 7.65. The summed E-state index contributed by atoms with van der Waals surface area (Å²) >= 11 is 0. The Kier molecular flexibility index (Phi) is 5.13. The maximum atomic E-state index is 10.3. The minimum absolute atomic E-state index is 0.0993. The van der Waals surface area contributed by atoms with Crippen LogP contribution in [-0.2, 0) is 0 Å². The summed E-state index contributed by atoms with van der Waals surface area (Å²) in [5.74, 6) is 0. The highest BCUT2D eigenvalue weighted by Gasteiger charge is 2.31. The molecule has 2 heterocycles. The Morgan fingerprint density at radius 3 is 2.90 bits per heavy atom. The first-order chi connectivity index (χ1) is 9.53. The van der Waals surface area contributed by atoms with Crippen molar-refractivity contribution in [3.05, 3.63) is 30.1 Å². The lowest BCUT2D eigenvalue weighted by atomic mass is 9.96. The van der Waals surface area contributed by atoms with Gasteiger partial charge in [0, 0.05) is 25.0 Å². The van der Waals surface area contributed by atoms with Crippen molar-refractivity contribution in [3.8, 4) is 0 Å². The number of hydrogen-bond donors (Lipinski definition) is 2. The number of hydrogen-bond acceptors (Lipinski definition) is 4. The molecule has 4 heteroatoms. The van der Waals surface area contributed by atoms with Gasteiger partial charge in [-0.3, -0.25) is 9.88 Å². The molecule has 1 aliphatic heterocycles. The molecule has 1 aliphatic rings. The van der Waals surface area contributed by atoms with Crippen LogP contribution in [0, 0.1) is 0 Å². The summed E-state index contributed by atoms with van der Waals surface area (Å²) in [6, 6.07) is 4.37. The van der Waals surface area contributed by atoms with Crippen molar-refractivity contribution < 1.29 is 5.11 Å². The molecule has 1 aromatic heterocycles. The van der Waals surface area contributed by atoms with Gasteiger partial charge in [-0.05, 0) is 50.8 Å². The Hall–Kier alpha value is -0.970. The standard InChI is InChI=1S/C16H27N3O/c1-3-14(17)15(13-6-4-9-18-12-13)19-10-5-7-16(2,20)8-11-19/h4,6,9,12,14-15,20H,3,5,7-8,10-11,17H2,1-2H3. The number of rotatable bonds is 4. The van der Waals surface area contributed by atoms with E-state index >= 15 is 0 Å². The molecule has 0 amide bonds. The predicted molar refractivity (Wildman–Crippen MR) is 81.3 cm³/mol. The van der Waals surface area contributed by atoms with Crippen LogP contribution >= 0.6 is 0 Å². The van der Waals surface area contributed by atoms with Crippen molar-refractivity contribution in [2.75, 3.05) is 13.1 Å². The van der Waals surface area contributed by atoms with Gasteiger partial charge in [0.1, 0.15) is 0 Å². The molecule has 1 aromatic rings. The van der Waals surface area contributed by atoms with Gasteiger partial charge < -0.3 is 10.8 Å². The lowest BCUT2D eigenvalue weighted by Crippen LogP contribution is -2.42. The van der Waals surface area contributed by atoms with E-state index in [1.807, 2.05) is 19.2 Å². The van der Waals surface area contributed by atoms with E-state index in [9.17, 15) is 5.11 Å². The summed E-state index contributed by atoms with van der Waals surface area (Å²) in [6.07, 6.45) is 7.34. The van der Waals surface area contributed by atoms with Crippen LogP contribution in [0.3, 0.4) is 0 Å². The lowest BCUT2D eigenvalue weighted by molar-refractivity contribution is 0.0422. The maximum absolute atomic E-state index is 10.3. The number of nitrogens with two attached hydrogens (primary N) is 1. The minimum Gasteiger partial charge on any atom is -0.390 e. The van der Waals surface area contributed by atoms with Crippen LogP contribution in [0.15, 0.2) is 24.5 Å². The molecular weight excluding hydrogens is 250 g/mol. The Balaban J connectivity index is 2.19. The molecule has 0 saturated carbocycles. The quantitative estimate of drug-likeness (QED) is 0.884. The highest BCUT2D eigenvalue weighted by Crippen LogP contribution is 2.30. The van der Waals surface area contributed by atoms with Crippen molar-refractivity contribution in [1.29, 1.82) is 0 Å². The van der Waals surface area contributed by atoms with E-state index in [4.69, 9.17) is 5.73 Å². The number of pyridine rings is 1. The van der Waals surface area contributed by atoms with Crippen molar-refractivity contribution in [2.45, 2.75) is 57.2 Å². The first kappa shape index (κ1) is 15.4. The largest absolute Gasteiger partial charge is 0.390 e. The van der Waals surface area contributed by atoms with Crippen molar-refractivity contribution in [1.82, 2.24) is 9.88 Å². The summed E-state index contributed by atoms with van der Waals surface area (Å²) in [5, 5.41) is 10.3. The Labute approximate surface area is 122 Å². The van der Waals surface area contributed by atoms with Gasteiger partial charge in [-0.15, -0.1) is 0 Å². The molecule has 1 saturated heterocycles. The van der Waals surface area contributed by atoms with Crippen LogP contribution in [0.5, 0.6) is 0 Å². The molecule has 3 N–H and O–H groups in total. The zero-order chi connectivity index (χ0) is 14.6. The van der Waals surface area contributed by atoms with Gasteiger partial charge in [-0.25, -0.2) is 0 Å². The summed E-state index contributed by atoms with van der Waals surface area (Å²) in [7, 11) is 0. The van der Waals surface area contributed by atoms with E-state index in [-0.39, 0.29) is 12.1 Å². The first-order valence-corrected chi connectivity index (χ1v) is 7.65. The van der Waals surface area contributed by atoms with Crippen LogP contribution < -0.4 is 5.73 Å². The van der Waals surface area contributed by atoms with E-state index in [2.05, 4.69) is 22.9 Å². The van der Waals surface area contributed by atoms with Crippen molar-refractivity contribution >= 4 is 0 Å². The Bertz CT molecular complexity index is 407. The third kappa shape index (κ3) is 3.78. The molecule has 4 nitrogen and oxygen atoms in total. The zero-order valence-corrected chi connectivity index (χ0v) is 12.6. The molecule has 0 aromatic carbocycles. The van der Waals surface area contributed by atoms with Crippen LogP contribution in [0.4, 0.5) is 0 Å². The highest BCUT2D eigenvalue weighted by molar-refractivity contribution is 5.16. The van der Waals surface area contributed by atoms with E-state index in [1.165, 1.54) is 5.56 Å². The number of aromatic nitrogens is 1. The van der Waals surface area contributed by atoms with Crippen LogP contribution in [0.1, 0.15) is 51.1 Å². The number of likely N-dealkylation sites (tertiary alicyclic amines) is 1. The van der Waals surface area contributed by atoms with E-state index < -0.39 is 5.60 Å². The van der Waals surface area contributed by atoms with E-state index in [0.717, 1.165) is 38.8 Å². The fourth-order valence-electron chi connectivity index (χ4n) is 3.07. The summed E-state index contributed by atoms with van der Waals surface area (Å²) in [4.78, 5) is 6.66. The van der Waals surface area contributed by atoms with E-state index in [1.54, 1.807) is 6.20 Å². The van der Waals surface area contributed by atoms with Gasteiger partial charge in [0.2, 0.25) is 0 Å². The van der Waals surface area contributed by atoms with Crippen LogP contribution in [0.2, 0.25) is 0 Å². The Morgan fingerprint density at radius 2 is 2.25 bits per heavy atom. The van der Waals surface area contributed by atoms with Gasteiger partial charge in [0.05, 0.1) is 11.6 Å². The second-order valence-corrected chi connectivity index (χ2v) is 6.19. The zero-order valence-electron chi connectivity index (χ0n) is 12.6. The van der Waals surface area contributed by atoms with Gasteiger partial charge in [0.15, 0.2) is 0 Å². The molecule has 0 spiro atoms. The normalized spacial score (nSPS) is 27.8. The molecular formula is C16H27N3O. The minimum atomic E-state index is -0.537. The topological polar surface area (TPSA) is 62.4 Å². The molecule has 2 rings (SSSR count). The Morgan fingerprint density at radius 1 is 1.45 bits per heavy atom. The van der Waals surface area contributed by atoms with Crippen LogP contribution in [-0.4, -0.2) is 39.7 Å². The van der Waals surface area contributed by atoms with Gasteiger partial charge in [-0.2, -0.15) is 0 Å². The summed E-state index contributed by atoms with van der Waals surface area (Å²) in [6.45, 7) is 5.95. The second kappa shape index (κ2) is 6.66. The van der Waals surface area contributed by atoms with Gasteiger partial charge in [0.25, 0.3) is 0 Å². The molecule has 0 aliphatic carbocycles. The molecule has 0 radical (unpaired) electrons. The van der Waals surface area contributed by atoms with E-state index in [0.29, 0.717) is 0 Å². The maximum Gasteiger partial charge on any atom is 0.0632 e. The predicted octanol–water partition coefficient (Wildman–Crippen LogP) is 2.10. The second-order valence-electron chi connectivity index (χ2n) is 6.19. The molecule has 0 bridgehead atoms. The van der Waals surface area contributed by atoms with Crippen molar-refractivity contribution in [3.63, 3.8) is 0 Å². The van der Waals surface area contributed by atoms with Gasteiger partial charge in [-0.1, -0.05) is 13.0 Å². The average Bonchev–Trinajstić information content (AvgIpc) is 2.62. The number of aliphatic hydroxyl groups is 1. The highest BCUT2D eigenvalue weighted by atomic mass is 16.3. The molecule has 3 atom stereocenters. The molecule has 1 fully saturated rings. The summed E-state index contributed by atoms with van der Waals surface area (Å²) in [5.41, 5.74) is 7.01. The summed E-state index contributed by atoms with van der Waals surface area (Å²) < 4.78 is 0. The van der Waals surface area contributed by atoms with Gasteiger partial charge >= 0.3 is 0 Å². The fourth-order valence-corrected chi connectivity index (χ4v) is 3.07. The average molecular weight is 277 g/mol. The monoisotopic (exact) mass is 277 g/mol. The SMILES string of the molecule is CCC(N)C(c1cccnc1)N1CCCC(C)(O)CC1. The molecule has 20 heavy (non-hydrogen) atoms. The fraction of sp³-hybridized carbons (Fsp3) is 0.688. The third-order valence-corrected chi connectivity index (χ3v) is 4.39. The van der Waals surface area contributed by atoms with Crippen molar-refractivity contribution in [2.24, 2.45) is 5.73 Å². The smallest absolute Gasteiger partial charge is 0.0632 e. The molecule has 112 valence electrons. The number of nitrogens with zero attached hydrogens (tertiary/aromatic N) is 2. The molecule has 3 unspecified atom stereocenters. The third-order valence-electron chi connectivity index (χ3n) is 4.39.